The van der Waals surface area contributed by atoms with Crippen LogP contribution in [0.5, 0.6) is 5.75 Å². The van der Waals surface area contributed by atoms with Crippen LogP contribution < -0.4 is 21.5 Å². The number of rotatable bonds is 6. The average Bonchev–Trinajstić information content (AvgIpc) is 3.10. The first kappa shape index (κ1) is 19.4. The van der Waals surface area contributed by atoms with Gasteiger partial charge >= 0.3 is 0 Å². The topological polar surface area (TPSA) is 121 Å². The Balaban J connectivity index is 1.66. The minimum Gasteiger partial charge on any atom is -0.492 e. The van der Waals surface area contributed by atoms with Gasteiger partial charge in [0.25, 0.3) is 5.91 Å². The lowest BCUT2D eigenvalue weighted by atomic mass is 10.1. The van der Waals surface area contributed by atoms with Gasteiger partial charge in [0.1, 0.15) is 18.1 Å². The summed E-state index contributed by atoms with van der Waals surface area (Å²) in [5.74, 6) is 0.304. The smallest absolute Gasteiger partial charge is 0.274 e. The van der Waals surface area contributed by atoms with Gasteiger partial charge < -0.3 is 21.5 Å². The second kappa shape index (κ2) is 8.22. The van der Waals surface area contributed by atoms with Crippen LogP contribution >= 0.6 is 0 Å². The molecule has 0 radical (unpaired) electrons. The van der Waals surface area contributed by atoms with E-state index >= 15 is 0 Å². The number of nitrogens with zero attached hydrogens (tertiary/aromatic N) is 3. The number of carbonyl (C=O) groups is 1. The number of nitrogens with one attached hydrogen (secondary N) is 1. The Morgan fingerprint density at radius 1 is 1.17 bits per heavy atom. The number of benzene rings is 2. The summed E-state index contributed by atoms with van der Waals surface area (Å²) < 4.78 is 7.43. The Morgan fingerprint density at radius 3 is 2.77 bits per heavy atom. The first-order valence-corrected chi connectivity index (χ1v) is 9.48. The van der Waals surface area contributed by atoms with Crippen molar-refractivity contribution in [2.24, 2.45) is 12.8 Å². The molecule has 0 spiro atoms. The largest absolute Gasteiger partial charge is 0.492 e. The molecule has 0 aliphatic rings. The van der Waals surface area contributed by atoms with Gasteiger partial charge in [0, 0.05) is 30.2 Å². The van der Waals surface area contributed by atoms with E-state index in [1.54, 1.807) is 42.2 Å². The zero-order valence-corrected chi connectivity index (χ0v) is 16.5. The zero-order chi connectivity index (χ0) is 21.1. The van der Waals surface area contributed by atoms with E-state index in [1.807, 2.05) is 30.3 Å². The van der Waals surface area contributed by atoms with Crippen molar-refractivity contribution in [3.05, 3.63) is 66.5 Å². The van der Waals surface area contributed by atoms with Gasteiger partial charge in [-0.15, -0.1) is 0 Å². The molecule has 0 fully saturated rings. The number of carbonyl (C=O) groups excluding carboxylic acids is 1. The molecule has 4 rings (SSSR count). The highest BCUT2D eigenvalue weighted by Crippen LogP contribution is 2.35. The maximum Gasteiger partial charge on any atom is 0.274 e. The zero-order valence-electron chi connectivity index (χ0n) is 16.5. The predicted octanol–water partition coefficient (Wildman–Crippen LogP) is 2.81. The highest BCUT2D eigenvalue weighted by Gasteiger charge is 2.16. The number of nitrogen functional groups attached to an aromatic ring is 1. The molecule has 152 valence electrons. The van der Waals surface area contributed by atoms with Crippen LogP contribution in [-0.4, -0.2) is 33.8 Å². The van der Waals surface area contributed by atoms with Crippen LogP contribution in [0.3, 0.4) is 0 Å². The van der Waals surface area contributed by atoms with Crippen LogP contribution in [0.4, 0.5) is 11.4 Å². The van der Waals surface area contributed by atoms with Gasteiger partial charge in [-0.2, -0.15) is 5.10 Å². The summed E-state index contributed by atoms with van der Waals surface area (Å²) >= 11 is 0. The van der Waals surface area contributed by atoms with Crippen LogP contribution in [0.2, 0.25) is 0 Å². The second-order valence-corrected chi connectivity index (χ2v) is 6.76. The first-order chi connectivity index (χ1) is 14.6. The SMILES string of the molecule is Cn1ncc(N)c1-c1cc(NC(=O)c2ccc3ccccc3n2)ccc1OCCN. The highest BCUT2D eigenvalue weighted by molar-refractivity contribution is 6.04. The van der Waals surface area contributed by atoms with Crippen molar-refractivity contribution in [3.63, 3.8) is 0 Å². The fourth-order valence-electron chi connectivity index (χ4n) is 3.26. The second-order valence-electron chi connectivity index (χ2n) is 6.76. The third-order valence-corrected chi connectivity index (χ3v) is 4.67. The standard InChI is InChI=1S/C22H22N6O2/c1-28-21(17(24)13-25-28)16-12-15(7-9-20(16)30-11-10-23)26-22(29)19-8-6-14-4-2-3-5-18(14)27-19/h2-9,12-13H,10-11,23-24H2,1H3,(H,26,29). The number of aromatic nitrogens is 3. The van der Waals surface area contributed by atoms with E-state index in [4.69, 9.17) is 16.2 Å². The third kappa shape index (κ3) is 3.81. The summed E-state index contributed by atoms with van der Waals surface area (Å²) in [4.78, 5) is 17.2. The van der Waals surface area contributed by atoms with Crippen LogP contribution in [0, 0.1) is 0 Å². The van der Waals surface area contributed by atoms with Gasteiger partial charge in [-0.05, 0) is 30.3 Å². The summed E-state index contributed by atoms with van der Waals surface area (Å²) in [7, 11) is 1.79. The Kier molecular flexibility index (Phi) is 5.32. The predicted molar refractivity (Wildman–Crippen MR) is 117 cm³/mol. The summed E-state index contributed by atoms with van der Waals surface area (Å²) in [5, 5.41) is 8.07. The number of para-hydroxylation sites is 1. The summed E-state index contributed by atoms with van der Waals surface area (Å²) in [6, 6.07) is 16.6. The number of fused-ring (bicyclic) bond motifs is 1. The Hall–Kier alpha value is -3.91. The number of amides is 1. The van der Waals surface area contributed by atoms with Crippen molar-refractivity contribution in [1.82, 2.24) is 14.8 Å². The molecule has 5 N–H and O–H groups in total. The number of pyridine rings is 1. The van der Waals surface area contributed by atoms with E-state index in [0.717, 1.165) is 10.9 Å². The summed E-state index contributed by atoms with van der Waals surface area (Å²) in [6.45, 7) is 0.740. The molecule has 0 aliphatic carbocycles. The lowest BCUT2D eigenvalue weighted by Gasteiger charge is -2.14. The normalized spacial score (nSPS) is 10.9. The third-order valence-electron chi connectivity index (χ3n) is 4.67. The molecular weight excluding hydrogens is 380 g/mol. The molecule has 30 heavy (non-hydrogen) atoms. The maximum atomic E-state index is 12.8. The molecule has 2 aromatic heterocycles. The van der Waals surface area contributed by atoms with E-state index in [9.17, 15) is 4.79 Å². The first-order valence-electron chi connectivity index (χ1n) is 9.48. The van der Waals surface area contributed by atoms with E-state index in [2.05, 4.69) is 15.4 Å². The van der Waals surface area contributed by atoms with E-state index in [-0.39, 0.29) is 5.91 Å². The van der Waals surface area contributed by atoms with Crippen molar-refractivity contribution >= 4 is 28.2 Å². The highest BCUT2D eigenvalue weighted by atomic mass is 16.5. The number of nitrogens with two attached hydrogens (primary N) is 2. The Labute approximate surface area is 173 Å². The monoisotopic (exact) mass is 402 g/mol. The molecule has 8 heteroatoms. The van der Waals surface area contributed by atoms with Gasteiger partial charge in [-0.1, -0.05) is 24.3 Å². The average molecular weight is 402 g/mol. The maximum absolute atomic E-state index is 12.8. The van der Waals surface area contributed by atoms with E-state index in [1.165, 1.54) is 0 Å². The Bertz CT molecular complexity index is 1200. The molecule has 2 heterocycles. The minimum atomic E-state index is -0.305. The van der Waals surface area contributed by atoms with Gasteiger partial charge in [0.2, 0.25) is 0 Å². The van der Waals surface area contributed by atoms with Gasteiger partial charge in [-0.3, -0.25) is 9.48 Å². The molecule has 0 aliphatic heterocycles. The number of hydrogen-bond acceptors (Lipinski definition) is 6. The number of ether oxygens (including phenoxy) is 1. The number of hydrogen-bond donors (Lipinski definition) is 3. The van der Waals surface area contributed by atoms with Crippen molar-refractivity contribution in [2.45, 2.75) is 0 Å². The van der Waals surface area contributed by atoms with Crippen LogP contribution in [0.15, 0.2) is 60.8 Å². The van der Waals surface area contributed by atoms with Crippen molar-refractivity contribution in [1.29, 1.82) is 0 Å². The molecule has 0 saturated heterocycles. The lowest BCUT2D eigenvalue weighted by molar-refractivity contribution is 0.102. The van der Waals surface area contributed by atoms with Crippen LogP contribution in [0.25, 0.3) is 22.2 Å². The van der Waals surface area contributed by atoms with Crippen molar-refractivity contribution in [2.75, 3.05) is 24.2 Å². The molecule has 0 atom stereocenters. The molecule has 8 nitrogen and oxygen atoms in total. The quantitative estimate of drug-likeness (QED) is 0.456. The molecular formula is C22H22N6O2. The van der Waals surface area contributed by atoms with Gasteiger partial charge in [-0.25, -0.2) is 4.98 Å². The summed E-state index contributed by atoms with van der Waals surface area (Å²) in [5.41, 5.74) is 15.3. The van der Waals surface area contributed by atoms with Crippen LogP contribution in [-0.2, 0) is 7.05 Å². The van der Waals surface area contributed by atoms with Gasteiger partial charge in [0.05, 0.1) is 23.1 Å². The fourth-order valence-corrected chi connectivity index (χ4v) is 3.26. The molecule has 0 saturated carbocycles. The molecule has 1 amide bonds. The molecule has 4 aromatic rings. The minimum absolute atomic E-state index is 0.305. The van der Waals surface area contributed by atoms with Crippen LogP contribution in [0.1, 0.15) is 10.5 Å². The molecule has 0 bridgehead atoms. The van der Waals surface area contributed by atoms with Crippen molar-refractivity contribution < 1.29 is 9.53 Å². The number of aryl methyl sites for hydroxylation is 1. The Morgan fingerprint density at radius 2 is 2.00 bits per heavy atom. The molecule has 0 unspecified atom stereocenters. The van der Waals surface area contributed by atoms with E-state index in [0.29, 0.717) is 47.2 Å². The molecule has 2 aromatic carbocycles. The summed E-state index contributed by atoms with van der Waals surface area (Å²) in [6.07, 6.45) is 1.58. The van der Waals surface area contributed by atoms with Crippen molar-refractivity contribution in [3.8, 4) is 17.0 Å². The fraction of sp³-hybridized carbons (Fsp3) is 0.136. The number of anilines is 2. The lowest BCUT2D eigenvalue weighted by Crippen LogP contribution is -2.14. The van der Waals surface area contributed by atoms with Gasteiger partial charge in [0.15, 0.2) is 0 Å². The van der Waals surface area contributed by atoms with E-state index < -0.39 is 0 Å².